The summed E-state index contributed by atoms with van der Waals surface area (Å²) in [6.45, 7) is 3.73. The molecule has 2 aromatic rings. The molecular weight excluding hydrogens is 315 g/mol. The first-order valence-corrected chi connectivity index (χ1v) is 8.02. The van der Waals surface area contributed by atoms with Crippen molar-refractivity contribution in [1.82, 2.24) is 9.80 Å². The average molecular weight is 333 g/mol. The van der Waals surface area contributed by atoms with Crippen LogP contribution in [0.15, 0.2) is 48.5 Å². The van der Waals surface area contributed by atoms with E-state index in [0.717, 1.165) is 30.2 Å². The smallest absolute Gasteiger partial charge is 0.253 e. The third-order valence-electron chi connectivity index (χ3n) is 4.10. The van der Waals surface area contributed by atoms with E-state index >= 15 is 0 Å². The molecule has 0 radical (unpaired) electrons. The van der Waals surface area contributed by atoms with Crippen LogP contribution in [0.1, 0.15) is 15.9 Å². The van der Waals surface area contributed by atoms with Gasteiger partial charge in [0.15, 0.2) is 0 Å². The molecule has 0 atom stereocenters. The highest BCUT2D eigenvalue weighted by Crippen LogP contribution is 2.18. The zero-order chi connectivity index (χ0) is 16.2. The maximum absolute atomic E-state index is 12.9. The van der Waals surface area contributed by atoms with Crippen LogP contribution in [0.4, 0.5) is 4.39 Å². The fourth-order valence-corrected chi connectivity index (χ4v) is 2.95. The standard InChI is InChI=1S/C18H18ClFN2O/c19-17-4-2-1-3-15(17)13-21-9-11-22(12-10-21)18(23)14-5-7-16(20)8-6-14/h1-8H,9-13H2. The highest BCUT2D eigenvalue weighted by atomic mass is 35.5. The van der Waals surface area contributed by atoms with Gasteiger partial charge in [0.05, 0.1) is 0 Å². The van der Waals surface area contributed by atoms with Crippen LogP contribution in [-0.4, -0.2) is 41.9 Å². The van der Waals surface area contributed by atoms with Crippen molar-refractivity contribution in [3.8, 4) is 0 Å². The molecule has 1 heterocycles. The van der Waals surface area contributed by atoms with Crippen LogP contribution in [0.2, 0.25) is 5.02 Å². The number of halogens is 2. The van der Waals surface area contributed by atoms with Gasteiger partial charge in [0.25, 0.3) is 5.91 Å². The molecule has 1 aliphatic heterocycles. The summed E-state index contributed by atoms with van der Waals surface area (Å²) in [5.41, 5.74) is 1.64. The van der Waals surface area contributed by atoms with E-state index in [4.69, 9.17) is 11.6 Å². The van der Waals surface area contributed by atoms with Crippen molar-refractivity contribution >= 4 is 17.5 Å². The van der Waals surface area contributed by atoms with Crippen molar-refractivity contribution in [2.45, 2.75) is 6.54 Å². The Kier molecular flexibility index (Phi) is 4.94. The van der Waals surface area contributed by atoms with Crippen LogP contribution in [0.3, 0.4) is 0 Å². The number of rotatable bonds is 3. The number of amides is 1. The second-order valence-electron chi connectivity index (χ2n) is 5.67. The van der Waals surface area contributed by atoms with Gasteiger partial charge in [-0.25, -0.2) is 4.39 Å². The quantitative estimate of drug-likeness (QED) is 0.859. The molecule has 0 saturated carbocycles. The molecule has 0 aromatic heterocycles. The minimum atomic E-state index is -0.328. The number of benzene rings is 2. The van der Waals surface area contributed by atoms with Gasteiger partial charge in [-0.3, -0.25) is 9.69 Å². The first-order chi connectivity index (χ1) is 11.1. The molecule has 3 nitrogen and oxygen atoms in total. The predicted octanol–water partition coefficient (Wildman–Crippen LogP) is 3.44. The Labute approximate surface area is 140 Å². The van der Waals surface area contributed by atoms with Crippen molar-refractivity contribution in [3.05, 3.63) is 70.5 Å². The maximum atomic E-state index is 12.9. The van der Waals surface area contributed by atoms with Crippen molar-refractivity contribution < 1.29 is 9.18 Å². The first kappa shape index (κ1) is 16.0. The molecule has 0 bridgehead atoms. The summed E-state index contributed by atoms with van der Waals surface area (Å²) in [5.74, 6) is -0.367. The molecule has 0 unspecified atom stereocenters. The third-order valence-corrected chi connectivity index (χ3v) is 4.47. The Morgan fingerprint density at radius 3 is 2.30 bits per heavy atom. The molecule has 23 heavy (non-hydrogen) atoms. The van der Waals surface area contributed by atoms with Crippen molar-refractivity contribution in [3.63, 3.8) is 0 Å². The summed E-state index contributed by atoms with van der Waals surface area (Å²) in [6.07, 6.45) is 0. The number of hydrogen-bond acceptors (Lipinski definition) is 2. The SMILES string of the molecule is O=C(c1ccc(F)cc1)N1CCN(Cc2ccccc2Cl)CC1. The summed E-state index contributed by atoms with van der Waals surface area (Å²) in [6, 6.07) is 13.5. The van der Waals surface area contributed by atoms with Gasteiger partial charge >= 0.3 is 0 Å². The lowest BCUT2D eigenvalue weighted by Gasteiger charge is -2.35. The fourth-order valence-electron chi connectivity index (χ4n) is 2.75. The Hall–Kier alpha value is -1.91. The minimum absolute atomic E-state index is 0.0395. The lowest BCUT2D eigenvalue weighted by molar-refractivity contribution is 0.0628. The maximum Gasteiger partial charge on any atom is 0.253 e. The summed E-state index contributed by atoms with van der Waals surface area (Å²) in [4.78, 5) is 16.5. The number of piperazine rings is 1. The molecular formula is C18H18ClFN2O. The van der Waals surface area contributed by atoms with Gasteiger partial charge in [-0.05, 0) is 35.9 Å². The van der Waals surface area contributed by atoms with Gasteiger partial charge in [-0.2, -0.15) is 0 Å². The van der Waals surface area contributed by atoms with E-state index in [-0.39, 0.29) is 11.7 Å². The highest BCUT2D eigenvalue weighted by Gasteiger charge is 2.22. The molecule has 120 valence electrons. The first-order valence-electron chi connectivity index (χ1n) is 7.64. The normalized spacial score (nSPS) is 15.7. The monoisotopic (exact) mass is 332 g/mol. The molecule has 0 spiro atoms. The molecule has 3 rings (SSSR count). The highest BCUT2D eigenvalue weighted by molar-refractivity contribution is 6.31. The Morgan fingerprint density at radius 2 is 1.65 bits per heavy atom. The second kappa shape index (κ2) is 7.11. The molecule has 1 aliphatic rings. The summed E-state index contributed by atoms with van der Waals surface area (Å²) in [7, 11) is 0. The summed E-state index contributed by atoms with van der Waals surface area (Å²) < 4.78 is 12.9. The van der Waals surface area contributed by atoms with Crippen molar-refractivity contribution in [2.24, 2.45) is 0 Å². The Balaban J connectivity index is 1.57. The third kappa shape index (κ3) is 3.89. The second-order valence-corrected chi connectivity index (χ2v) is 6.07. The van der Waals surface area contributed by atoms with E-state index in [2.05, 4.69) is 4.90 Å². The van der Waals surface area contributed by atoms with Crippen molar-refractivity contribution in [2.75, 3.05) is 26.2 Å². The van der Waals surface area contributed by atoms with Gasteiger partial charge in [0, 0.05) is 43.3 Å². The molecule has 1 amide bonds. The van der Waals surface area contributed by atoms with Gasteiger partial charge < -0.3 is 4.90 Å². The molecule has 1 fully saturated rings. The fraction of sp³-hybridized carbons (Fsp3) is 0.278. The molecule has 2 aromatic carbocycles. The summed E-state index contributed by atoms with van der Waals surface area (Å²) >= 11 is 6.19. The van der Waals surface area contributed by atoms with Crippen LogP contribution in [0.25, 0.3) is 0 Å². The van der Waals surface area contributed by atoms with E-state index in [1.807, 2.05) is 29.2 Å². The lowest BCUT2D eigenvalue weighted by atomic mass is 10.1. The van der Waals surface area contributed by atoms with Crippen LogP contribution in [0, 0.1) is 5.82 Å². The predicted molar refractivity (Wildman–Crippen MR) is 89.0 cm³/mol. The zero-order valence-electron chi connectivity index (χ0n) is 12.7. The van der Waals surface area contributed by atoms with Crippen LogP contribution < -0.4 is 0 Å². The van der Waals surface area contributed by atoms with E-state index in [1.165, 1.54) is 24.3 Å². The number of carbonyl (C=O) groups excluding carboxylic acids is 1. The topological polar surface area (TPSA) is 23.6 Å². The lowest BCUT2D eigenvalue weighted by Crippen LogP contribution is -2.48. The molecule has 1 saturated heterocycles. The zero-order valence-corrected chi connectivity index (χ0v) is 13.5. The minimum Gasteiger partial charge on any atom is -0.336 e. The van der Waals surface area contributed by atoms with Crippen LogP contribution >= 0.6 is 11.6 Å². The van der Waals surface area contributed by atoms with E-state index in [1.54, 1.807) is 0 Å². The van der Waals surface area contributed by atoms with Gasteiger partial charge in [-0.15, -0.1) is 0 Å². The Morgan fingerprint density at radius 1 is 1.00 bits per heavy atom. The largest absolute Gasteiger partial charge is 0.336 e. The van der Waals surface area contributed by atoms with Gasteiger partial charge in [-0.1, -0.05) is 29.8 Å². The van der Waals surface area contributed by atoms with E-state index in [0.29, 0.717) is 18.7 Å². The Bertz CT molecular complexity index is 682. The molecule has 0 aliphatic carbocycles. The van der Waals surface area contributed by atoms with E-state index in [9.17, 15) is 9.18 Å². The van der Waals surface area contributed by atoms with Crippen molar-refractivity contribution in [1.29, 1.82) is 0 Å². The van der Waals surface area contributed by atoms with Gasteiger partial charge in [0.2, 0.25) is 0 Å². The number of carbonyl (C=O) groups is 1. The van der Waals surface area contributed by atoms with E-state index < -0.39 is 0 Å². The van der Waals surface area contributed by atoms with Gasteiger partial charge in [0.1, 0.15) is 5.82 Å². The van der Waals surface area contributed by atoms with Crippen LogP contribution in [-0.2, 0) is 6.54 Å². The number of nitrogens with zero attached hydrogens (tertiary/aromatic N) is 2. The average Bonchev–Trinajstić information content (AvgIpc) is 2.58. The van der Waals surface area contributed by atoms with Crippen LogP contribution in [0.5, 0.6) is 0 Å². The number of hydrogen-bond donors (Lipinski definition) is 0. The summed E-state index contributed by atoms with van der Waals surface area (Å²) in [5, 5.41) is 0.775. The molecule has 0 N–H and O–H groups in total. The molecule has 5 heteroatoms.